The Morgan fingerprint density at radius 3 is 2.50 bits per heavy atom. The lowest BCUT2D eigenvalue weighted by Gasteiger charge is -2.04. The summed E-state index contributed by atoms with van der Waals surface area (Å²) in [6.45, 7) is 0.373. The summed E-state index contributed by atoms with van der Waals surface area (Å²) in [5.41, 5.74) is 0.948. The van der Waals surface area contributed by atoms with Crippen molar-refractivity contribution in [2.45, 2.75) is 6.61 Å². The Labute approximate surface area is 112 Å². The van der Waals surface area contributed by atoms with Crippen LogP contribution in [0.4, 0.5) is 5.69 Å². The van der Waals surface area contributed by atoms with Gasteiger partial charge in [-0.1, -0.05) is 28.1 Å². The van der Waals surface area contributed by atoms with E-state index in [0.29, 0.717) is 12.5 Å². The minimum absolute atomic E-state index is 0.0500. The van der Waals surface area contributed by atoms with E-state index < -0.39 is 4.92 Å². The van der Waals surface area contributed by atoms with Gasteiger partial charge in [0.1, 0.15) is 12.8 Å². The summed E-state index contributed by atoms with van der Waals surface area (Å²) < 4.78 is 6.42. The van der Waals surface area contributed by atoms with Crippen LogP contribution >= 0.6 is 15.9 Å². The fraction of sp³-hybridized carbons (Fsp3) is 0.0833. The second-order valence-corrected chi connectivity index (χ2v) is 4.44. The maximum Gasteiger partial charge on any atom is 0.287 e. The zero-order valence-electron chi connectivity index (χ0n) is 9.25. The molecule has 2 rings (SSSR count). The second kappa shape index (κ2) is 5.59. The largest absolute Gasteiger partial charge is 0.473 e. The minimum Gasteiger partial charge on any atom is -0.473 e. The molecule has 0 N–H and O–H groups in total. The number of hydrogen-bond donors (Lipinski definition) is 0. The summed E-state index contributed by atoms with van der Waals surface area (Å²) in [6, 6.07) is 10.5. The Bertz CT molecular complexity index is 540. The van der Waals surface area contributed by atoms with E-state index in [0.717, 1.165) is 10.0 Å². The molecule has 0 saturated carbocycles. The summed E-state index contributed by atoms with van der Waals surface area (Å²) in [4.78, 5) is 13.8. The van der Waals surface area contributed by atoms with Crippen LogP contribution in [0, 0.1) is 10.1 Å². The summed E-state index contributed by atoms with van der Waals surface area (Å²) in [5, 5.41) is 10.4. The molecule has 0 radical (unpaired) electrons. The highest BCUT2D eigenvalue weighted by Crippen LogP contribution is 2.16. The maximum atomic E-state index is 10.4. The highest BCUT2D eigenvalue weighted by Gasteiger charge is 2.05. The second-order valence-electron chi connectivity index (χ2n) is 3.53. The van der Waals surface area contributed by atoms with Crippen molar-refractivity contribution in [3.63, 3.8) is 0 Å². The molecular formula is C12H9BrN2O3. The van der Waals surface area contributed by atoms with E-state index >= 15 is 0 Å². The molecule has 0 fully saturated rings. The first-order valence-electron chi connectivity index (χ1n) is 5.13. The first-order chi connectivity index (χ1) is 8.65. The van der Waals surface area contributed by atoms with Gasteiger partial charge < -0.3 is 4.74 Å². The average molecular weight is 309 g/mol. The SMILES string of the molecule is O=[N+]([O-])c1ccc(OCc2ccc(Br)cc2)nc1. The van der Waals surface area contributed by atoms with E-state index in [-0.39, 0.29) is 5.69 Å². The molecule has 0 saturated heterocycles. The Morgan fingerprint density at radius 2 is 1.94 bits per heavy atom. The molecule has 0 aliphatic carbocycles. The van der Waals surface area contributed by atoms with Crippen molar-refractivity contribution < 1.29 is 9.66 Å². The van der Waals surface area contributed by atoms with Gasteiger partial charge in [-0.25, -0.2) is 4.98 Å². The lowest BCUT2D eigenvalue weighted by Crippen LogP contribution is -1.97. The van der Waals surface area contributed by atoms with Crippen LogP contribution in [-0.2, 0) is 6.61 Å². The highest BCUT2D eigenvalue weighted by atomic mass is 79.9. The minimum atomic E-state index is -0.495. The summed E-state index contributed by atoms with van der Waals surface area (Å²) in [5.74, 6) is 0.364. The zero-order chi connectivity index (χ0) is 13.0. The van der Waals surface area contributed by atoms with Gasteiger partial charge in [-0.3, -0.25) is 10.1 Å². The lowest BCUT2D eigenvalue weighted by molar-refractivity contribution is -0.385. The molecule has 2 aromatic rings. The quantitative estimate of drug-likeness (QED) is 0.642. The van der Waals surface area contributed by atoms with Gasteiger partial charge in [0.2, 0.25) is 5.88 Å². The number of halogens is 1. The highest BCUT2D eigenvalue weighted by molar-refractivity contribution is 9.10. The molecule has 0 aliphatic rings. The van der Waals surface area contributed by atoms with Crippen molar-refractivity contribution in [1.82, 2.24) is 4.98 Å². The molecular weight excluding hydrogens is 300 g/mol. The van der Waals surface area contributed by atoms with Crippen molar-refractivity contribution in [3.05, 3.63) is 62.7 Å². The van der Waals surface area contributed by atoms with E-state index in [1.165, 1.54) is 18.3 Å². The number of nitro groups is 1. The van der Waals surface area contributed by atoms with Crippen LogP contribution in [-0.4, -0.2) is 9.91 Å². The Morgan fingerprint density at radius 1 is 1.22 bits per heavy atom. The van der Waals surface area contributed by atoms with Crippen molar-refractivity contribution in [1.29, 1.82) is 0 Å². The van der Waals surface area contributed by atoms with Gasteiger partial charge in [-0.2, -0.15) is 0 Å². The topological polar surface area (TPSA) is 65.3 Å². The van der Waals surface area contributed by atoms with Gasteiger partial charge in [-0.15, -0.1) is 0 Å². The van der Waals surface area contributed by atoms with E-state index in [9.17, 15) is 10.1 Å². The maximum absolute atomic E-state index is 10.4. The van der Waals surface area contributed by atoms with E-state index in [4.69, 9.17) is 4.74 Å². The van der Waals surface area contributed by atoms with E-state index in [1.54, 1.807) is 0 Å². The molecule has 0 atom stereocenters. The van der Waals surface area contributed by atoms with Gasteiger partial charge in [0.25, 0.3) is 5.69 Å². The van der Waals surface area contributed by atoms with Crippen LogP contribution in [0.3, 0.4) is 0 Å². The Kier molecular flexibility index (Phi) is 3.88. The normalized spacial score (nSPS) is 10.1. The number of hydrogen-bond acceptors (Lipinski definition) is 4. The molecule has 0 aliphatic heterocycles. The van der Waals surface area contributed by atoms with Crippen molar-refractivity contribution >= 4 is 21.6 Å². The van der Waals surface area contributed by atoms with Crippen molar-refractivity contribution in [2.75, 3.05) is 0 Å². The fourth-order valence-corrected chi connectivity index (χ4v) is 1.57. The number of nitrogens with zero attached hydrogens (tertiary/aromatic N) is 2. The van der Waals surface area contributed by atoms with E-state index in [2.05, 4.69) is 20.9 Å². The summed E-state index contributed by atoms with van der Waals surface area (Å²) in [6.07, 6.45) is 1.18. The number of aromatic nitrogens is 1. The lowest BCUT2D eigenvalue weighted by atomic mass is 10.2. The molecule has 0 unspecified atom stereocenters. The molecule has 1 heterocycles. The molecule has 1 aromatic carbocycles. The molecule has 5 nitrogen and oxygen atoms in total. The predicted molar refractivity (Wildman–Crippen MR) is 69.4 cm³/mol. The molecule has 0 amide bonds. The van der Waals surface area contributed by atoms with Gasteiger partial charge in [0.05, 0.1) is 4.92 Å². The molecule has 1 aromatic heterocycles. The van der Waals surface area contributed by atoms with Gasteiger partial charge in [0.15, 0.2) is 0 Å². The third kappa shape index (κ3) is 3.27. The molecule has 6 heteroatoms. The molecule has 18 heavy (non-hydrogen) atoms. The van der Waals surface area contributed by atoms with E-state index in [1.807, 2.05) is 24.3 Å². The summed E-state index contributed by atoms with van der Waals surface area (Å²) in [7, 11) is 0. The monoisotopic (exact) mass is 308 g/mol. The smallest absolute Gasteiger partial charge is 0.287 e. The average Bonchev–Trinajstić information content (AvgIpc) is 2.38. The zero-order valence-corrected chi connectivity index (χ0v) is 10.8. The fourth-order valence-electron chi connectivity index (χ4n) is 1.30. The van der Waals surface area contributed by atoms with Crippen LogP contribution in [0.1, 0.15) is 5.56 Å². The van der Waals surface area contributed by atoms with Crippen molar-refractivity contribution in [2.24, 2.45) is 0 Å². The number of pyridine rings is 1. The van der Waals surface area contributed by atoms with Gasteiger partial charge in [0, 0.05) is 16.6 Å². The number of rotatable bonds is 4. The third-order valence-corrected chi connectivity index (χ3v) is 2.76. The third-order valence-electron chi connectivity index (χ3n) is 2.23. The predicted octanol–water partition coefficient (Wildman–Crippen LogP) is 3.33. The molecule has 92 valence electrons. The number of benzene rings is 1. The van der Waals surface area contributed by atoms with Crippen LogP contribution < -0.4 is 4.74 Å². The van der Waals surface area contributed by atoms with Crippen LogP contribution in [0.25, 0.3) is 0 Å². The van der Waals surface area contributed by atoms with Crippen LogP contribution in [0.2, 0.25) is 0 Å². The van der Waals surface area contributed by atoms with Gasteiger partial charge >= 0.3 is 0 Å². The Hall–Kier alpha value is -1.95. The van der Waals surface area contributed by atoms with Gasteiger partial charge in [-0.05, 0) is 17.7 Å². The first kappa shape index (κ1) is 12.5. The summed E-state index contributed by atoms with van der Waals surface area (Å²) >= 11 is 3.35. The standard InChI is InChI=1S/C12H9BrN2O3/c13-10-3-1-9(2-4-10)8-18-12-6-5-11(7-14-12)15(16)17/h1-7H,8H2. The van der Waals surface area contributed by atoms with Crippen molar-refractivity contribution in [3.8, 4) is 5.88 Å². The molecule has 0 bridgehead atoms. The number of ether oxygens (including phenoxy) is 1. The Balaban J connectivity index is 1.97. The first-order valence-corrected chi connectivity index (χ1v) is 5.92. The van der Waals surface area contributed by atoms with Crippen LogP contribution in [0.15, 0.2) is 47.1 Å². The van der Waals surface area contributed by atoms with Crippen LogP contribution in [0.5, 0.6) is 5.88 Å². The molecule has 0 spiro atoms.